The van der Waals surface area contributed by atoms with Crippen molar-refractivity contribution in [3.8, 4) is 23.1 Å². The molecule has 0 fully saturated rings. The van der Waals surface area contributed by atoms with Crippen LogP contribution in [0.5, 0.6) is 5.75 Å². The lowest BCUT2D eigenvalue weighted by Crippen LogP contribution is -2.17. The number of benzene rings is 2. The summed E-state index contributed by atoms with van der Waals surface area (Å²) in [6.45, 7) is 0. The van der Waals surface area contributed by atoms with Gasteiger partial charge in [-0.2, -0.15) is 5.26 Å². The highest BCUT2D eigenvalue weighted by atomic mass is 19.4. The number of alkyl halides is 3. The number of aromatic nitrogens is 3. The summed E-state index contributed by atoms with van der Waals surface area (Å²) in [5, 5.41) is 18.6. The molecule has 1 heterocycles. The van der Waals surface area contributed by atoms with Gasteiger partial charge in [0.05, 0.1) is 0 Å². The molecule has 0 aliphatic carbocycles. The first-order valence-corrected chi connectivity index (χ1v) is 7.50. The molecule has 3 rings (SSSR count). The van der Waals surface area contributed by atoms with Crippen LogP contribution in [0.3, 0.4) is 0 Å². The number of hydrogen-bond donors (Lipinski definition) is 1. The number of halogens is 4. The second-order valence-corrected chi connectivity index (χ2v) is 5.37. The molecule has 0 saturated carbocycles. The van der Waals surface area contributed by atoms with Crippen molar-refractivity contribution in [2.75, 3.05) is 0 Å². The molecule has 0 aliphatic heterocycles. The molecule has 9 heteroatoms. The van der Waals surface area contributed by atoms with E-state index in [0.717, 1.165) is 6.07 Å². The van der Waals surface area contributed by atoms with Crippen molar-refractivity contribution in [1.29, 1.82) is 5.26 Å². The quantitative estimate of drug-likeness (QED) is 0.537. The lowest BCUT2D eigenvalue weighted by atomic mass is 10.0. The average Bonchev–Trinajstić information content (AvgIpc) is 3.08. The first-order chi connectivity index (χ1) is 12.8. The minimum atomic E-state index is -4.88. The Morgan fingerprint density at radius 1 is 1.04 bits per heavy atom. The molecule has 0 bridgehead atoms. The van der Waals surface area contributed by atoms with Gasteiger partial charge in [-0.3, -0.25) is 0 Å². The topological polar surface area (TPSA) is 74.6 Å². The molecule has 1 aromatic heterocycles. The molecule has 0 unspecified atom stereocenters. The van der Waals surface area contributed by atoms with Crippen LogP contribution in [0, 0.1) is 17.1 Å². The predicted molar refractivity (Wildman–Crippen MR) is 88.5 cm³/mol. The van der Waals surface area contributed by atoms with Crippen LogP contribution in [0.2, 0.25) is 0 Å². The normalized spacial score (nSPS) is 11.5. The van der Waals surface area contributed by atoms with Gasteiger partial charge in [0.15, 0.2) is 5.69 Å². The summed E-state index contributed by atoms with van der Waals surface area (Å²) < 4.78 is 54.8. The SMILES string of the molecule is N#Cc1[nH]nnc1-c1cc(/C=C/c2ccc(F)cc2)cc(OC(F)(F)F)c1. The molecule has 0 atom stereocenters. The van der Waals surface area contributed by atoms with Crippen molar-refractivity contribution < 1.29 is 22.3 Å². The van der Waals surface area contributed by atoms with Crippen molar-refractivity contribution in [3.05, 3.63) is 65.1 Å². The highest BCUT2D eigenvalue weighted by Gasteiger charge is 2.31. The van der Waals surface area contributed by atoms with E-state index in [1.165, 1.54) is 42.5 Å². The second-order valence-electron chi connectivity index (χ2n) is 5.37. The maximum atomic E-state index is 13.0. The van der Waals surface area contributed by atoms with Crippen LogP contribution in [0.15, 0.2) is 42.5 Å². The first kappa shape index (κ1) is 18.1. The monoisotopic (exact) mass is 374 g/mol. The van der Waals surface area contributed by atoms with E-state index >= 15 is 0 Å². The van der Waals surface area contributed by atoms with Gasteiger partial charge in [0, 0.05) is 5.56 Å². The van der Waals surface area contributed by atoms with Gasteiger partial charge in [0.25, 0.3) is 0 Å². The van der Waals surface area contributed by atoms with Crippen LogP contribution in [-0.4, -0.2) is 21.8 Å². The maximum absolute atomic E-state index is 13.0. The van der Waals surface area contributed by atoms with Crippen LogP contribution in [0.4, 0.5) is 17.6 Å². The summed E-state index contributed by atoms with van der Waals surface area (Å²) in [5.74, 6) is -0.865. The summed E-state index contributed by atoms with van der Waals surface area (Å²) >= 11 is 0. The number of H-pyrrole nitrogens is 1. The number of rotatable bonds is 4. The van der Waals surface area contributed by atoms with Gasteiger partial charge < -0.3 is 4.74 Å². The molecular formula is C18H10F4N4O. The Bertz CT molecular complexity index is 1020. The van der Waals surface area contributed by atoms with Gasteiger partial charge in [-0.1, -0.05) is 29.5 Å². The van der Waals surface area contributed by atoms with Gasteiger partial charge in [0.1, 0.15) is 23.3 Å². The van der Waals surface area contributed by atoms with Crippen LogP contribution >= 0.6 is 0 Å². The smallest absolute Gasteiger partial charge is 0.406 e. The molecule has 27 heavy (non-hydrogen) atoms. The van der Waals surface area contributed by atoms with E-state index in [2.05, 4.69) is 20.1 Å². The maximum Gasteiger partial charge on any atom is 0.573 e. The number of nitriles is 1. The molecule has 0 spiro atoms. The molecule has 0 saturated heterocycles. The summed E-state index contributed by atoms with van der Waals surface area (Å²) in [7, 11) is 0. The fourth-order valence-electron chi connectivity index (χ4n) is 2.32. The molecule has 0 aliphatic rings. The second kappa shape index (κ2) is 7.29. The van der Waals surface area contributed by atoms with Crippen molar-refractivity contribution in [1.82, 2.24) is 15.4 Å². The van der Waals surface area contributed by atoms with Gasteiger partial charge >= 0.3 is 6.36 Å². The molecular weight excluding hydrogens is 364 g/mol. The van der Waals surface area contributed by atoms with Crippen LogP contribution in [0.25, 0.3) is 23.4 Å². The summed E-state index contributed by atoms with van der Waals surface area (Å²) in [4.78, 5) is 0. The summed E-state index contributed by atoms with van der Waals surface area (Å²) in [5.41, 5.74) is 1.34. The minimum Gasteiger partial charge on any atom is -0.406 e. The van der Waals surface area contributed by atoms with Gasteiger partial charge in [0.2, 0.25) is 0 Å². The van der Waals surface area contributed by atoms with E-state index in [1.54, 1.807) is 6.08 Å². The Morgan fingerprint density at radius 2 is 1.74 bits per heavy atom. The van der Waals surface area contributed by atoms with E-state index in [0.29, 0.717) is 11.1 Å². The molecule has 5 nitrogen and oxygen atoms in total. The van der Waals surface area contributed by atoms with Crippen molar-refractivity contribution in [2.24, 2.45) is 0 Å². The Labute approximate surface area is 150 Å². The number of ether oxygens (including phenoxy) is 1. The van der Waals surface area contributed by atoms with Crippen molar-refractivity contribution >= 4 is 12.2 Å². The standard InChI is InChI=1S/C18H10F4N4O/c19-14-5-3-11(4-6-14)1-2-12-7-13(17-16(10-23)24-26-25-17)9-15(8-12)27-18(20,21)22/h1-9H,(H,24,25,26)/b2-1+. The molecule has 2 aromatic carbocycles. The number of hydrogen-bond acceptors (Lipinski definition) is 4. The van der Waals surface area contributed by atoms with E-state index in [1.807, 2.05) is 6.07 Å². The zero-order valence-corrected chi connectivity index (χ0v) is 13.5. The van der Waals surface area contributed by atoms with Crippen LogP contribution in [-0.2, 0) is 0 Å². The number of nitrogens with one attached hydrogen (secondary N) is 1. The van der Waals surface area contributed by atoms with Gasteiger partial charge in [-0.05, 0) is 41.5 Å². The Morgan fingerprint density at radius 3 is 2.41 bits per heavy atom. The predicted octanol–water partition coefficient (Wildman–Crippen LogP) is 4.55. The Kier molecular flexibility index (Phi) is 4.90. The Balaban J connectivity index is 2.02. The van der Waals surface area contributed by atoms with E-state index in [4.69, 9.17) is 5.26 Å². The summed E-state index contributed by atoms with van der Waals surface area (Å²) in [6, 6.07) is 11.2. The number of nitrogens with zero attached hydrogens (tertiary/aromatic N) is 3. The molecule has 136 valence electrons. The largest absolute Gasteiger partial charge is 0.573 e. The fraction of sp³-hybridized carbons (Fsp3) is 0.0556. The lowest BCUT2D eigenvalue weighted by Gasteiger charge is -2.11. The Hall–Kier alpha value is -3.67. The molecule has 1 N–H and O–H groups in total. The third-order valence-corrected chi connectivity index (χ3v) is 3.43. The molecule has 0 radical (unpaired) electrons. The fourth-order valence-corrected chi connectivity index (χ4v) is 2.32. The third-order valence-electron chi connectivity index (χ3n) is 3.43. The third kappa shape index (κ3) is 4.70. The van der Waals surface area contributed by atoms with Crippen molar-refractivity contribution in [3.63, 3.8) is 0 Å². The van der Waals surface area contributed by atoms with Gasteiger partial charge in [-0.15, -0.1) is 18.3 Å². The highest BCUT2D eigenvalue weighted by Crippen LogP contribution is 2.30. The van der Waals surface area contributed by atoms with E-state index in [-0.39, 0.29) is 17.0 Å². The van der Waals surface area contributed by atoms with Gasteiger partial charge in [-0.25, -0.2) is 9.49 Å². The van der Waals surface area contributed by atoms with E-state index < -0.39 is 17.9 Å². The van der Waals surface area contributed by atoms with Crippen LogP contribution in [0.1, 0.15) is 16.8 Å². The lowest BCUT2D eigenvalue weighted by molar-refractivity contribution is -0.274. The highest BCUT2D eigenvalue weighted by molar-refractivity contribution is 5.75. The molecule has 0 amide bonds. The van der Waals surface area contributed by atoms with E-state index in [9.17, 15) is 17.6 Å². The summed E-state index contributed by atoms with van der Waals surface area (Å²) in [6.07, 6.45) is -1.74. The average molecular weight is 374 g/mol. The zero-order valence-electron chi connectivity index (χ0n) is 13.5. The molecule has 3 aromatic rings. The first-order valence-electron chi connectivity index (χ1n) is 7.50. The minimum absolute atomic E-state index is 0.00706. The zero-order chi connectivity index (χ0) is 19.4. The number of aromatic amines is 1. The van der Waals surface area contributed by atoms with Crippen LogP contribution < -0.4 is 4.74 Å². The van der Waals surface area contributed by atoms with Crippen molar-refractivity contribution in [2.45, 2.75) is 6.36 Å².